The topological polar surface area (TPSA) is 94.0 Å². The lowest BCUT2D eigenvalue weighted by atomic mass is 10.2. The molecule has 0 unspecified atom stereocenters. The summed E-state index contributed by atoms with van der Waals surface area (Å²) in [5.74, 6) is 2.17. The van der Waals surface area contributed by atoms with Crippen LogP contribution in [-0.4, -0.2) is 51.1 Å². The van der Waals surface area contributed by atoms with Crippen LogP contribution in [0.25, 0.3) is 11.0 Å². The molecule has 3 aromatic rings. The van der Waals surface area contributed by atoms with E-state index < -0.39 is 0 Å². The highest BCUT2D eigenvalue weighted by molar-refractivity contribution is 7.99. The molecule has 0 bridgehead atoms. The van der Waals surface area contributed by atoms with E-state index in [0.29, 0.717) is 29.6 Å². The Labute approximate surface area is 174 Å². The van der Waals surface area contributed by atoms with Gasteiger partial charge in [0.05, 0.1) is 25.2 Å². The number of amides is 1. The van der Waals surface area contributed by atoms with E-state index in [-0.39, 0.29) is 11.9 Å². The van der Waals surface area contributed by atoms with Crippen LogP contribution in [0.3, 0.4) is 0 Å². The van der Waals surface area contributed by atoms with Crippen molar-refractivity contribution in [3.05, 3.63) is 36.0 Å². The summed E-state index contributed by atoms with van der Waals surface area (Å²) in [6, 6.07) is 7.32. The number of benzene rings is 1. The van der Waals surface area contributed by atoms with E-state index in [1.54, 1.807) is 54.0 Å². The maximum absolute atomic E-state index is 12.4. The number of carbonyl (C=O) groups excluding carboxylic acids is 1. The van der Waals surface area contributed by atoms with Gasteiger partial charge in [-0.1, -0.05) is 24.8 Å². The molecule has 0 saturated heterocycles. The molecule has 154 valence electrons. The number of ether oxygens (including phenoxy) is 1. The van der Waals surface area contributed by atoms with E-state index >= 15 is 0 Å². The first-order valence-electron chi connectivity index (χ1n) is 9.57. The van der Waals surface area contributed by atoms with Gasteiger partial charge in [-0.2, -0.15) is 5.10 Å². The van der Waals surface area contributed by atoms with Gasteiger partial charge in [-0.05, 0) is 37.8 Å². The van der Waals surface area contributed by atoms with Gasteiger partial charge in [0, 0.05) is 18.2 Å². The highest BCUT2D eigenvalue weighted by Gasteiger charge is 2.14. The van der Waals surface area contributed by atoms with Crippen molar-refractivity contribution in [3.8, 4) is 5.75 Å². The average Bonchev–Trinajstić information content (AvgIpc) is 3.11. The molecule has 0 atom stereocenters. The molecule has 0 aliphatic rings. The highest BCUT2D eigenvalue weighted by Crippen LogP contribution is 2.24. The zero-order chi connectivity index (χ0) is 20.8. The molecule has 29 heavy (non-hydrogen) atoms. The number of hydrogen-bond acceptors (Lipinski definition) is 7. The fraction of sp³-hybridized carbons (Fsp3) is 0.400. The fourth-order valence-electron chi connectivity index (χ4n) is 2.82. The minimum Gasteiger partial charge on any atom is -0.497 e. The number of rotatable bonds is 9. The smallest absolute Gasteiger partial charge is 0.251 e. The molecule has 0 radical (unpaired) electrons. The number of nitrogens with one attached hydrogen (secondary N) is 2. The summed E-state index contributed by atoms with van der Waals surface area (Å²) in [6.45, 7) is 7.14. The second-order valence-corrected chi connectivity index (χ2v) is 7.91. The van der Waals surface area contributed by atoms with Crippen LogP contribution >= 0.6 is 11.8 Å². The van der Waals surface area contributed by atoms with E-state index in [0.717, 1.165) is 22.6 Å². The van der Waals surface area contributed by atoms with Crippen LogP contribution < -0.4 is 15.4 Å². The monoisotopic (exact) mass is 414 g/mol. The van der Waals surface area contributed by atoms with Crippen molar-refractivity contribution in [1.29, 1.82) is 0 Å². The molecule has 2 heterocycles. The molecule has 2 aromatic heterocycles. The first kappa shape index (κ1) is 20.9. The lowest BCUT2D eigenvalue weighted by molar-refractivity contribution is 0.0951. The van der Waals surface area contributed by atoms with Crippen molar-refractivity contribution in [2.75, 3.05) is 24.7 Å². The maximum Gasteiger partial charge on any atom is 0.251 e. The number of anilines is 1. The van der Waals surface area contributed by atoms with Crippen molar-refractivity contribution in [1.82, 2.24) is 25.1 Å². The quantitative estimate of drug-likeness (QED) is 0.410. The SMILES string of the molecule is CCSc1nc(NC(C)C)c2cnn(CCNC(=O)c3cccc(OC)c3)c2n1. The van der Waals surface area contributed by atoms with Gasteiger partial charge >= 0.3 is 0 Å². The van der Waals surface area contributed by atoms with E-state index in [1.807, 2.05) is 0 Å². The lowest BCUT2D eigenvalue weighted by Gasteiger charge is -2.12. The summed E-state index contributed by atoms with van der Waals surface area (Å²) in [6.07, 6.45) is 1.77. The normalized spacial score (nSPS) is 11.1. The zero-order valence-electron chi connectivity index (χ0n) is 17.1. The Kier molecular flexibility index (Phi) is 6.92. The molecule has 0 saturated carbocycles. The van der Waals surface area contributed by atoms with Crippen molar-refractivity contribution in [3.63, 3.8) is 0 Å². The molecular weight excluding hydrogens is 388 g/mol. The molecule has 1 amide bonds. The summed E-state index contributed by atoms with van der Waals surface area (Å²) in [5.41, 5.74) is 1.32. The third kappa shape index (κ3) is 5.17. The van der Waals surface area contributed by atoms with Gasteiger partial charge in [0.1, 0.15) is 11.6 Å². The van der Waals surface area contributed by atoms with Crippen LogP contribution in [0.2, 0.25) is 0 Å². The Hall–Kier alpha value is -2.81. The molecule has 0 aliphatic heterocycles. The molecular formula is C20H26N6O2S. The van der Waals surface area contributed by atoms with Crippen molar-refractivity contribution in [2.45, 2.75) is 38.5 Å². The van der Waals surface area contributed by atoms with Crippen LogP contribution in [0.15, 0.2) is 35.6 Å². The predicted molar refractivity (Wildman–Crippen MR) is 116 cm³/mol. The zero-order valence-corrected chi connectivity index (χ0v) is 17.9. The second-order valence-electron chi connectivity index (χ2n) is 6.68. The Morgan fingerprint density at radius 3 is 2.86 bits per heavy atom. The Bertz CT molecular complexity index is 988. The summed E-state index contributed by atoms with van der Waals surface area (Å²) < 4.78 is 6.97. The number of aromatic nitrogens is 4. The minimum absolute atomic E-state index is 0.153. The lowest BCUT2D eigenvalue weighted by Crippen LogP contribution is -2.27. The van der Waals surface area contributed by atoms with Gasteiger partial charge in [0.2, 0.25) is 0 Å². The van der Waals surface area contributed by atoms with Gasteiger partial charge in [0.25, 0.3) is 5.91 Å². The van der Waals surface area contributed by atoms with E-state index in [4.69, 9.17) is 4.74 Å². The summed E-state index contributed by atoms with van der Waals surface area (Å²) in [5, 5.41) is 12.3. The van der Waals surface area contributed by atoms with Crippen molar-refractivity contribution < 1.29 is 9.53 Å². The molecule has 1 aromatic carbocycles. The highest BCUT2D eigenvalue weighted by atomic mass is 32.2. The Morgan fingerprint density at radius 2 is 2.14 bits per heavy atom. The third-order valence-corrected chi connectivity index (χ3v) is 4.85. The largest absolute Gasteiger partial charge is 0.497 e. The standard InChI is InChI=1S/C20H26N6O2S/c1-5-29-20-24-17(23-13(2)3)16-12-22-26(18(16)25-20)10-9-21-19(27)14-7-6-8-15(11-14)28-4/h6-8,11-13H,5,9-10H2,1-4H3,(H,21,27)(H,23,24,25). The first-order valence-corrected chi connectivity index (χ1v) is 10.6. The van der Waals surface area contributed by atoms with Crippen molar-refractivity contribution >= 4 is 34.5 Å². The molecule has 0 aliphatic carbocycles. The molecule has 0 spiro atoms. The van der Waals surface area contributed by atoms with Crippen LogP contribution in [-0.2, 0) is 6.54 Å². The number of nitrogens with zero attached hydrogens (tertiary/aromatic N) is 4. The third-order valence-electron chi connectivity index (χ3n) is 4.12. The van der Waals surface area contributed by atoms with Gasteiger partial charge in [-0.3, -0.25) is 4.79 Å². The average molecular weight is 415 g/mol. The molecule has 9 heteroatoms. The van der Waals surface area contributed by atoms with Gasteiger partial charge < -0.3 is 15.4 Å². The fourth-order valence-corrected chi connectivity index (χ4v) is 3.38. The van der Waals surface area contributed by atoms with Crippen LogP contribution in [0.1, 0.15) is 31.1 Å². The Balaban J connectivity index is 1.74. The van der Waals surface area contributed by atoms with E-state index in [2.05, 4.69) is 46.5 Å². The summed E-state index contributed by atoms with van der Waals surface area (Å²) >= 11 is 1.59. The minimum atomic E-state index is -0.153. The van der Waals surface area contributed by atoms with Crippen LogP contribution in [0.4, 0.5) is 5.82 Å². The predicted octanol–water partition coefficient (Wildman–Crippen LogP) is 3.20. The van der Waals surface area contributed by atoms with Gasteiger partial charge in [0.15, 0.2) is 10.8 Å². The van der Waals surface area contributed by atoms with Crippen molar-refractivity contribution in [2.24, 2.45) is 0 Å². The molecule has 2 N–H and O–H groups in total. The number of hydrogen-bond donors (Lipinski definition) is 2. The second kappa shape index (κ2) is 9.60. The number of thioether (sulfide) groups is 1. The van der Waals surface area contributed by atoms with Crippen LogP contribution in [0.5, 0.6) is 5.75 Å². The number of carbonyl (C=O) groups is 1. The molecule has 0 fully saturated rings. The van der Waals surface area contributed by atoms with E-state index in [9.17, 15) is 4.79 Å². The van der Waals surface area contributed by atoms with E-state index in [1.165, 1.54) is 0 Å². The Morgan fingerprint density at radius 1 is 1.31 bits per heavy atom. The van der Waals surface area contributed by atoms with Crippen LogP contribution in [0, 0.1) is 0 Å². The van der Waals surface area contributed by atoms with Gasteiger partial charge in [-0.25, -0.2) is 14.6 Å². The summed E-state index contributed by atoms with van der Waals surface area (Å²) in [7, 11) is 1.58. The first-order chi connectivity index (χ1) is 14.0. The van der Waals surface area contributed by atoms with Gasteiger partial charge in [-0.15, -0.1) is 0 Å². The molecule has 3 rings (SSSR count). The molecule has 8 nitrogen and oxygen atoms in total. The number of fused-ring (bicyclic) bond motifs is 1. The number of methoxy groups -OCH3 is 1. The summed E-state index contributed by atoms with van der Waals surface area (Å²) in [4.78, 5) is 21.7. The maximum atomic E-state index is 12.4.